The van der Waals surface area contributed by atoms with E-state index in [1.165, 1.54) is 0 Å². The number of carbonyl (C=O) groups is 2. The molecule has 0 saturated heterocycles. The Labute approximate surface area is 124 Å². The van der Waals surface area contributed by atoms with Gasteiger partial charge in [0.15, 0.2) is 0 Å². The summed E-state index contributed by atoms with van der Waals surface area (Å²) in [6.07, 6.45) is 0. The Balaban J connectivity index is 4.23. The summed E-state index contributed by atoms with van der Waals surface area (Å²) in [4.78, 5) is 27.4. The van der Waals surface area contributed by atoms with Crippen molar-refractivity contribution in [3.05, 3.63) is 0 Å². The zero-order valence-corrected chi connectivity index (χ0v) is 14.5. The molecule has 0 heterocycles. The lowest BCUT2D eigenvalue weighted by Crippen LogP contribution is -2.42. The molecule has 0 aliphatic carbocycles. The van der Waals surface area contributed by atoms with E-state index >= 15 is 0 Å². The lowest BCUT2D eigenvalue weighted by atomic mass is 9.88. The molecule has 4 nitrogen and oxygen atoms in total. The molecule has 4 heteroatoms. The van der Waals surface area contributed by atoms with E-state index in [1.807, 2.05) is 41.8 Å². The van der Waals surface area contributed by atoms with Gasteiger partial charge in [-0.2, -0.15) is 0 Å². The minimum atomic E-state index is -0.300. The number of ketones is 2. The summed E-state index contributed by atoms with van der Waals surface area (Å²) < 4.78 is 0. The van der Waals surface area contributed by atoms with Gasteiger partial charge in [0.1, 0.15) is 11.6 Å². The first-order valence-corrected chi connectivity index (χ1v) is 7.27. The van der Waals surface area contributed by atoms with E-state index in [2.05, 4.69) is 9.80 Å². The first-order chi connectivity index (χ1) is 8.88. The number of rotatable bonds is 9. The molecule has 20 heavy (non-hydrogen) atoms. The Morgan fingerprint density at radius 2 is 1.00 bits per heavy atom. The van der Waals surface area contributed by atoms with E-state index in [9.17, 15) is 9.59 Å². The van der Waals surface area contributed by atoms with Crippen LogP contribution < -0.4 is 0 Å². The Kier molecular flexibility index (Phi) is 7.05. The van der Waals surface area contributed by atoms with Crippen LogP contribution in [0.15, 0.2) is 0 Å². The predicted molar refractivity (Wildman–Crippen MR) is 83.9 cm³/mol. The normalized spacial score (nSPS) is 13.1. The van der Waals surface area contributed by atoms with Gasteiger partial charge in [-0.25, -0.2) is 0 Å². The quantitative estimate of drug-likeness (QED) is 0.650. The standard InChI is InChI=1S/C16H32N2O2/c1-13(19)15(3,4)11-17(7)9-10-18(8)12-16(5,6)14(2)20/h9-12H2,1-8H3. The molecule has 0 aliphatic heterocycles. The molecule has 0 spiro atoms. The van der Waals surface area contributed by atoms with Crippen LogP contribution in [-0.4, -0.2) is 61.6 Å². The second-order valence-corrected chi connectivity index (χ2v) is 7.36. The fourth-order valence-corrected chi connectivity index (χ4v) is 2.07. The van der Waals surface area contributed by atoms with Gasteiger partial charge in [0, 0.05) is 37.0 Å². The number of likely N-dealkylation sites (N-methyl/N-ethyl adjacent to an activating group) is 2. The summed E-state index contributed by atoms with van der Waals surface area (Å²) in [5.74, 6) is 0.436. The van der Waals surface area contributed by atoms with Gasteiger partial charge in [0.25, 0.3) is 0 Å². The predicted octanol–water partition coefficient (Wildman–Crippen LogP) is 2.08. The summed E-state index contributed by atoms with van der Waals surface area (Å²) in [7, 11) is 4.07. The van der Waals surface area contributed by atoms with Crippen molar-refractivity contribution in [1.29, 1.82) is 0 Å². The van der Waals surface area contributed by atoms with Crippen LogP contribution in [0.3, 0.4) is 0 Å². The maximum Gasteiger partial charge on any atom is 0.136 e. The van der Waals surface area contributed by atoms with Crippen molar-refractivity contribution >= 4 is 11.6 Å². The number of hydrogen-bond donors (Lipinski definition) is 0. The van der Waals surface area contributed by atoms with E-state index in [1.54, 1.807) is 13.8 Å². The van der Waals surface area contributed by atoms with Crippen molar-refractivity contribution in [2.24, 2.45) is 10.8 Å². The summed E-state index contributed by atoms with van der Waals surface area (Å²) in [5, 5.41) is 0. The lowest BCUT2D eigenvalue weighted by Gasteiger charge is -2.31. The highest BCUT2D eigenvalue weighted by Gasteiger charge is 2.27. The zero-order valence-electron chi connectivity index (χ0n) is 14.5. The van der Waals surface area contributed by atoms with Gasteiger partial charge in [-0.3, -0.25) is 9.59 Å². The Bertz CT molecular complexity index is 314. The van der Waals surface area contributed by atoms with E-state index in [4.69, 9.17) is 0 Å². The Morgan fingerprint density at radius 1 is 0.750 bits per heavy atom. The number of hydrogen-bond acceptors (Lipinski definition) is 4. The van der Waals surface area contributed by atoms with Crippen molar-refractivity contribution in [3.8, 4) is 0 Å². The summed E-state index contributed by atoms with van der Waals surface area (Å²) >= 11 is 0. The summed E-state index contributed by atoms with van der Waals surface area (Å²) in [6.45, 7) is 14.5. The molecule has 0 radical (unpaired) electrons. The molecular weight excluding hydrogens is 252 g/mol. The molecule has 118 valence electrons. The van der Waals surface area contributed by atoms with Gasteiger partial charge >= 0.3 is 0 Å². The average molecular weight is 284 g/mol. The Morgan fingerprint density at radius 3 is 1.20 bits per heavy atom. The van der Waals surface area contributed by atoms with Crippen LogP contribution in [0, 0.1) is 10.8 Å². The molecule has 0 aromatic carbocycles. The van der Waals surface area contributed by atoms with Crippen LogP contribution in [0.25, 0.3) is 0 Å². The zero-order chi connectivity index (χ0) is 16.1. The van der Waals surface area contributed by atoms with Crippen molar-refractivity contribution in [1.82, 2.24) is 9.80 Å². The average Bonchev–Trinajstić information content (AvgIpc) is 2.24. The van der Waals surface area contributed by atoms with Crippen molar-refractivity contribution < 1.29 is 9.59 Å². The third-order valence-corrected chi connectivity index (χ3v) is 4.10. The number of carbonyl (C=O) groups excluding carboxylic acids is 2. The third-order valence-electron chi connectivity index (χ3n) is 4.10. The number of nitrogens with zero attached hydrogens (tertiary/aromatic N) is 2. The number of Topliss-reactive ketones (excluding diaryl/α,β-unsaturated/α-hetero) is 2. The molecule has 0 amide bonds. The molecular formula is C16H32N2O2. The van der Waals surface area contributed by atoms with Gasteiger partial charge in [-0.05, 0) is 27.9 Å². The second-order valence-electron chi connectivity index (χ2n) is 7.36. The van der Waals surface area contributed by atoms with Gasteiger partial charge in [0.05, 0.1) is 0 Å². The maximum atomic E-state index is 11.5. The molecule has 0 fully saturated rings. The monoisotopic (exact) mass is 284 g/mol. The summed E-state index contributed by atoms with van der Waals surface area (Å²) in [6, 6.07) is 0. The molecule has 0 bridgehead atoms. The molecule has 0 atom stereocenters. The van der Waals surface area contributed by atoms with E-state index in [0.29, 0.717) is 0 Å². The largest absolute Gasteiger partial charge is 0.304 e. The topological polar surface area (TPSA) is 40.6 Å². The Hall–Kier alpha value is -0.740. The molecule has 0 saturated carbocycles. The molecule has 0 aromatic rings. The molecule has 0 N–H and O–H groups in total. The highest BCUT2D eigenvalue weighted by Crippen LogP contribution is 2.19. The SMILES string of the molecule is CC(=O)C(C)(C)CN(C)CCN(C)CC(C)(C)C(C)=O. The smallest absolute Gasteiger partial charge is 0.136 e. The first-order valence-electron chi connectivity index (χ1n) is 7.27. The van der Waals surface area contributed by atoms with Gasteiger partial charge in [-0.15, -0.1) is 0 Å². The first kappa shape index (κ1) is 19.3. The molecule has 0 unspecified atom stereocenters. The molecule has 0 rings (SSSR count). The fraction of sp³-hybridized carbons (Fsp3) is 0.875. The van der Waals surface area contributed by atoms with Crippen LogP contribution in [-0.2, 0) is 9.59 Å². The van der Waals surface area contributed by atoms with Crippen molar-refractivity contribution in [2.75, 3.05) is 40.3 Å². The van der Waals surface area contributed by atoms with Crippen LogP contribution in [0.5, 0.6) is 0 Å². The van der Waals surface area contributed by atoms with Crippen molar-refractivity contribution in [2.45, 2.75) is 41.5 Å². The van der Waals surface area contributed by atoms with E-state index in [-0.39, 0.29) is 22.4 Å². The molecule has 0 aliphatic rings. The fourth-order valence-electron chi connectivity index (χ4n) is 2.07. The lowest BCUT2D eigenvalue weighted by molar-refractivity contribution is -0.126. The minimum Gasteiger partial charge on any atom is -0.304 e. The van der Waals surface area contributed by atoms with Gasteiger partial charge in [-0.1, -0.05) is 27.7 Å². The third kappa shape index (κ3) is 6.62. The van der Waals surface area contributed by atoms with Crippen LogP contribution >= 0.6 is 0 Å². The van der Waals surface area contributed by atoms with E-state index < -0.39 is 0 Å². The second kappa shape index (κ2) is 7.32. The van der Waals surface area contributed by atoms with Gasteiger partial charge in [0.2, 0.25) is 0 Å². The van der Waals surface area contributed by atoms with Gasteiger partial charge < -0.3 is 9.80 Å². The van der Waals surface area contributed by atoms with Crippen LogP contribution in [0.4, 0.5) is 0 Å². The minimum absolute atomic E-state index is 0.218. The summed E-state index contributed by atoms with van der Waals surface area (Å²) in [5.41, 5.74) is -0.599. The van der Waals surface area contributed by atoms with Crippen LogP contribution in [0.1, 0.15) is 41.5 Å². The van der Waals surface area contributed by atoms with Crippen LogP contribution in [0.2, 0.25) is 0 Å². The van der Waals surface area contributed by atoms with Crippen molar-refractivity contribution in [3.63, 3.8) is 0 Å². The molecule has 0 aromatic heterocycles. The highest BCUT2D eigenvalue weighted by molar-refractivity contribution is 5.82. The van der Waals surface area contributed by atoms with E-state index in [0.717, 1.165) is 26.2 Å². The highest BCUT2D eigenvalue weighted by atomic mass is 16.1. The maximum absolute atomic E-state index is 11.5.